The standard InChI is InChI=1S/C26H34N6O2/c1-32(18-19-10-6-4-7-11-19)26-30-24(29-25(31-26)28-21-12-8-5-9-13-21)27-17-20-14-15-22(33-2)23(16-20)34-3/h4,6-7,10-11,14-16,21H,5,8-9,12-13,17-18H2,1-3H3,(H2,27,28,29,30,31). The van der Waals surface area contributed by atoms with E-state index < -0.39 is 0 Å². The molecule has 2 N–H and O–H groups in total. The normalized spacial score (nSPS) is 13.9. The summed E-state index contributed by atoms with van der Waals surface area (Å²) in [6.07, 6.45) is 6.09. The lowest BCUT2D eigenvalue weighted by atomic mass is 9.96. The Kier molecular flexibility index (Phi) is 8.01. The third-order valence-electron chi connectivity index (χ3n) is 6.06. The second-order valence-electron chi connectivity index (χ2n) is 8.65. The molecule has 0 bridgehead atoms. The predicted molar refractivity (Wildman–Crippen MR) is 136 cm³/mol. The summed E-state index contributed by atoms with van der Waals surface area (Å²) in [4.78, 5) is 16.2. The molecule has 0 aliphatic heterocycles. The van der Waals surface area contributed by atoms with Crippen LogP contribution >= 0.6 is 0 Å². The molecule has 0 radical (unpaired) electrons. The van der Waals surface area contributed by atoms with Gasteiger partial charge in [0.15, 0.2) is 11.5 Å². The molecule has 0 saturated heterocycles. The number of anilines is 3. The first-order valence-electron chi connectivity index (χ1n) is 11.9. The molecule has 34 heavy (non-hydrogen) atoms. The fourth-order valence-corrected chi connectivity index (χ4v) is 4.21. The van der Waals surface area contributed by atoms with Crippen molar-refractivity contribution in [2.24, 2.45) is 0 Å². The maximum absolute atomic E-state index is 5.43. The van der Waals surface area contributed by atoms with E-state index >= 15 is 0 Å². The summed E-state index contributed by atoms with van der Waals surface area (Å²) in [6.45, 7) is 1.26. The van der Waals surface area contributed by atoms with Gasteiger partial charge in [0.2, 0.25) is 17.8 Å². The predicted octanol–water partition coefficient (Wildman–Crippen LogP) is 4.88. The van der Waals surface area contributed by atoms with Crippen LogP contribution in [0.1, 0.15) is 43.2 Å². The SMILES string of the molecule is COc1ccc(CNc2nc(NC3CCCCC3)nc(N(C)Cc3ccccc3)n2)cc1OC. The van der Waals surface area contributed by atoms with Crippen LogP contribution in [0.25, 0.3) is 0 Å². The second-order valence-corrected chi connectivity index (χ2v) is 8.65. The Morgan fingerprint density at radius 2 is 1.59 bits per heavy atom. The molecule has 0 unspecified atom stereocenters. The van der Waals surface area contributed by atoms with Crippen molar-refractivity contribution in [2.45, 2.75) is 51.2 Å². The quantitative estimate of drug-likeness (QED) is 0.441. The Morgan fingerprint density at radius 1 is 0.853 bits per heavy atom. The Bertz CT molecular complexity index is 1060. The number of nitrogens with zero attached hydrogens (tertiary/aromatic N) is 4. The zero-order chi connectivity index (χ0) is 23.8. The lowest BCUT2D eigenvalue weighted by Gasteiger charge is -2.24. The van der Waals surface area contributed by atoms with Crippen molar-refractivity contribution >= 4 is 17.8 Å². The van der Waals surface area contributed by atoms with E-state index in [0.717, 1.165) is 18.4 Å². The van der Waals surface area contributed by atoms with Gasteiger partial charge in [-0.05, 0) is 36.1 Å². The van der Waals surface area contributed by atoms with Crippen LogP contribution in [-0.4, -0.2) is 42.3 Å². The maximum Gasteiger partial charge on any atom is 0.231 e. The summed E-state index contributed by atoms with van der Waals surface area (Å²) < 4.78 is 10.8. The van der Waals surface area contributed by atoms with Gasteiger partial charge >= 0.3 is 0 Å². The highest BCUT2D eigenvalue weighted by molar-refractivity contribution is 5.46. The van der Waals surface area contributed by atoms with Crippen molar-refractivity contribution < 1.29 is 9.47 Å². The third kappa shape index (κ3) is 6.27. The molecule has 180 valence electrons. The van der Waals surface area contributed by atoms with Crippen molar-refractivity contribution in [2.75, 3.05) is 36.8 Å². The molecule has 1 fully saturated rings. The summed E-state index contributed by atoms with van der Waals surface area (Å²) in [5.74, 6) is 3.19. The number of aromatic nitrogens is 3. The molecule has 1 aliphatic carbocycles. The Balaban J connectivity index is 1.53. The highest BCUT2D eigenvalue weighted by atomic mass is 16.5. The summed E-state index contributed by atoms with van der Waals surface area (Å²) in [6, 6.07) is 16.6. The van der Waals surface area contributed by atoms with Crippen LogP contribution < -0.4 is 25.0 Å². The van der Waals surface area contributed by atoms with Gasteiger partial charge in [0.25, 0.3) is 0 Å². The van der Waals surface area contributed by atoms with Crippen molar-refractivity contribution in [1.82, 2.24) is 15.0 Å². The zero-order valence-electron chi connectivity index (χ0n) is 20.3. The van der Waals surface area contributed by atoms with E-state index in [-0.39, 0.29) is 0 Å². The van der Waals surface area contributed by atoms with E-state index in [2.05, 4.69) is 27.8 Å². The molecule has 8 nitrogen and oxygen atoms in total. The van der Waals surface area contributed by atoms with E-state index in [1.165, 1.54) is 24.8 Å². The highest BCUT2D eigenvalue weighted by Gasteiger charge is 2.17. The van der Waals surface area contributed by atoms with Crippen LogP contribution in [0.3, 0.4) is 0 Å². The minimum atomic E-state index is 0.405. The van der Waals surface area contributed by atoms with Crippen molar-refractivity contribution in [3.63, 3.8) is 0 Å². The molecule has 0 atom stereocenters. The summed E-state index contributed by atoms with van der Waals surface area (Å²) >= 11 is 0. The van der Waals surface area contributed by atoms with Gasteiger partial charge in [-0.2, -0.15) is 15.0 Å². The number of nitrogens with one attached hydrogen (secondary N) is 2. The van der Waals surface area contributed by atoms with Crippen LogP contribution in [-0.2, 0) is 13.1 Å². The lowest BCUT2D eigenvalue weighted by Crippen LogP contribution is -2.26. The van der Waals surface area contributed by atoms with E-state index in [4.69, 9.17) is 19.4 Å². The van der Waals surface area contributed by atoms with Gasteiger partial charge in [-0.25, -0.2) is 0 Å². The second kappa shape index (κ2) is 11.5. The number of hydrogen-bond donors (Lipinski definition) is 2. The van der Waals surface area contributed by atoms with Gasteiger partial charge in [0.05, 0.1) is 14.2 Å². The average Bonchev–Trinajstić information content (AvgIpc) is 2.88. The fraction of sp³-hybridized carbons (Fsp3) is 0.423. The van der Waals surface area contributed by atoms with Crippen LogP contribution in [0, 0.1) is 0 Å². The molecule has 8 heteroatoms. The molecule has 0 amide bonds. The van der Waals surface area contributed by atoms with Crippen molar-refractivity contribution in [1.29, 1.82) is 0 Å². The van der Waals surface area contributed by atoms with Gasteiger partial charge in [-0.15, -0.1) is 0 Å². The topological polar surface area (TPSA) is 84.4 Å². The highest BCUT2D eigenvalue weighted by Crippen LogP contribution is 2.28. The molecule has 4 rings (SSSR count). The van der Waals surface area contributed by atoms with E-state index in [9.17, 15) is 0 Å². The van der Waals surface area contributed by atoms with Gasteiger partial charge in [-0.3, -0.25) is 0 Å². The number of ether oxygens (including phenoxy) is 2. The van der Waals surface area contributed by atoms with E-state index in [1.54, 1.807) is 14.2 Å². The lowest BCUT2D eigenvalue weighted by molar-refractivity contribution is 0.354. The smallest absolute Gasteiger partial charge is 0.231 e. The molecule has 2 aromatic carbocycles. The molecule has 1 saturated carbocycles. The summed E-state index contributed by atoms with van der Waals surface area (Å²) in [7, 11) is 5.28. The van der Waals surface area contributed by atoms with Crippen LogP contribution in [0.15, 0.2) is 48.5 Å². The van der Waals surface area contributed by atoms with E-state index in [0.29, 0.717) is 48.5 Å². The monoisotopic (exact) mass is 462 g/mol. The fourth-order valence-electron chi connectivity index (χ4n) is 4.21. The Hall–Kier alpha value is -3.55. The van der Waals surface area contributed by atoms with E-state index in [1.807, 2.05) is 48.3 Å². The molecule has 1 aliphatic rings. The molecular weight excluding hydrogens is 428 g/mol. The molecular formula is C26H34N6O2. The zero-order valence-corrected chi connectivity index (χ0v) is 20.3. The number of methoxy groups -OCH3 is 2. The number of rotatable bonds is 10. The van der Waals surface area contributed by atoms with Crippen LogP contribution in [0.2, 0.25) is 0 Å². The number of benzene rings is 2. The first-order chi connectivity index (χ1) is 16.6. The molecule has 1 heterocycles. The first-order valence-corrected chi connectivity index (χ1v) is 11.9. The molecule has 1 aromatic heterocycles. The molecule has 0 spiro atoms. The Morgan fingerprint density at radius 3 is 2.32 bits per heavy atom. The van der Waals surface area contributed by atoms with Crippen LogP contribution in [0.4, 0.5) is 17.8 Å². The first kappa shape index (κ1) is 23.6. The van der Waals surface area contributed by atoms with Gasteiger partial charge in [-0.1, -0.05) is 55.7 Å². The Labute approximate surface area is 201 Å². The largest absolute Gasteiger partial charge is 0.493 e. The maximum atomic E-state index is 5.43. The van der Waals surface area contributed by atoms with Crippen LogP contribution in [0.5, 0.6) is 11.5 Å². The minimum Gasteiger partial charge on any atom is -0.493 e. The van der Waals surface area contributed by atoms with Gasteiger partial charge in [0.1, 0.15) is 0 Å². The molecule has 3 aromatic rings. The minimum absolute atomic E-state index is 0.405. The average molecular weight is 463 g/mol. The number of hydrogen-bond acceptors (Lipinski definition) is 8. The summed E-state index contributed by atoms with van der Waals surface area (Å²) in [5.41, 5.74) is 2.24. The third-order valence-corrected chi connectivity index (χ3v) is 6.06. The van der Waals surface area contributed by atoms with Crippen molar-refractivity contribution in [3.05, 3.63) is 59.7 Å². The van der Waals surface area contributed by atoms with Gasteiger partial charge < -0.3 is 25.0 Å². The van der Waals surface area contributed by atoms with Crippen molar-refractivity contribution in [3.8, 4) is 11.5 Å². The van der Waals surface area contributed by atoms with Gasteiger partial charge in [0, 0.05) is 26.2 Å². The summed E-state index contributed by atoms with van der Waals surface area (Å²) in [5, 5.41) is 6.91.